The molecule has 1 saturated heterocycles. The SMILES string of the molecule is CCNC(=NCC(C)N1CCOCC1)NCCc1coc(-c2ccc(F)cc2)n1.I. The van der Waals surface area contributed by atoms with Crippen molar-refractivity contribution in [2.75, 3.05) is 45.9 Å². The zero-order valence-corrected chi connectivity index (χ0v) is 19.9. The van der Waals surface area contributed by atoms with Crippen LogP contribution in [0.15, 0.2) is 39.9 Å². The minimum atomic E-state index is -0.275. The molecule has 0 saturated carbocycles. The summed E-state index contributed by atoms with van der Waals surface area (Å²) in [6, 6.07) is 6.50. The number of hydrogen-bond donors (Lipinski definition) is 2. The highest BCUT2D eigenvalue weighted by Gasteiger charge is 2.16. The third kappa shape index (κ3) is 7.51. The average molecular weight is 531 g/mol. The first kappa shape index (κ1) is 24.5. The van der Waals surface area contributed by atoms with Gasteiger partial charge in [-0.1, -0.05) is 0 Å². The number of aromatic nitrogens is 1. The number of ether oxygens (including phenoxy) is 1. The second-order valence-electron chi connectivity index (χ2n) is 7.04. The smallest absolute Gasteiger partial charge is 0.226 e. The Kier molecular flexibility index (Phi) is 10.5. The Morgan fingerprint density at radius 1 is 1.23 bits per heavy atom. The lowest BCUT2D eigenvalue weighted by Crippen LogP contribution is -2.44. The van der Waals surface area contributed by atoms with Crippen LogP contribution in [0.3, 0.4) is 0 Å². The fraction of sp³-hybridized carbons (Fsp3) is 0.524. The van der Waals surface area contributed by atoms with Crippen LogP contribution in [0, 0.1) is 5.82 Å². The lowest BCUT2D eigenvalue weighted by Gasteiger charge is -2.31. The molecule has 2 heterocycles. The topological polar surface area (TPSA) is 74.9 Å². The van der Waals surface area contributed by atoms with E-state index in [4.69, 9.17) is 14.1 Å². The van der Waals surface area contributed by atoms with Crippen molar-refractivity contribution in [1.29, 1.82) is 0 Å². The first-order valence-electron chi connectivity index (χ1n) is 10.2. The van der Waals surface area contributed by atoms with E-state index in [0.29, 0.717) is 24.9 Å². The van der Waals surface area contributed by atoms with E-state index in [1.807, 2.05) is 0 Å². The van der Waals surface area contributed by atoms with Crippen molar-refractivity contribution >= 4 is 29.9 Å². The standard InChI is InChI=1S/C21H30FN5O2.HI/c1-3-23-21(25-14-16(2)27-10-12-28-13-11-27)24-9-8-19-15-29-20(26-19)17-4-6-18(22)7-5-17;/h4-7,15-16H,3,8-14H2,1-2H3,(H2,23,24,25);1H. The molecule has 1 aliphatic rings. The number of hydrogen-bond acceptors (Lipinski definition) is 5. The Morgan fingerprint density at radius 2 is 1.97 bits per heavy atom. The van der Waals surface area contributed by atoms with Gasteiger partial charge in [0.15, 0.2) is 5.96 Å². The second kappa shape index (κ2) is 12.9. The third-order valence-electron chi connectivity index (χ3n) is 4.84. The Labute approximate surface area is 194 Å². The highest BCUT2D eigenvalue weighted by atomic mass is 127. The van der Waals surface area contributed by atoms with Crippen LogP contribution in [-0.4, -0.2) is 67.8 Å². The maximum atomic E-state index is 13.0. The van der Waals surface area contributed by atoms with Gasteiger partial charge in [-0.05, 0) is 38.1 Å². The largest absolute Gasteiger partial charge is 0.444 e. The van der Waals surface area contributed by atoms with E-state index in [-0.39, 0.29) is 29.8 Å². The number of rotatable bonds is 8. The first-order valence-corrected chi connectivity index (χ1v) is 10.2. The molecule has 0 amide bonds. The fourth-order valence-electron chi connectivity index (χ4n) is 3.15. The summed E-state index contributed by atoms with van der Waals surface area (Å²) >= 11 is 0. The first-order chi connectivity index (χ1) is 14.2. The molecular formula is C21H31FIN5O2. The number of nitrogens with one attached hydrogen (secondary N) is 2. The molecule has 1 aromatic heterocycles. The monoisotopic (exact) mass is 531 g/mol. The fourth-order valence-corrected chi connectivity index (χ4v) is 3.15. The van der Waals surface area contributed by atoms with Crippen LogP contribution in [0.5, 0.6) is 0 Å². The number of aliphatic imine (C=N–C) groups is 1. The van der Waals surface area contributed by atoms with Gasteiger partial charge in [0.05, 0.1) is 25.5 Å². The third-order valence-corrected chi connectivity index (χ3v) is 4.84. The van der Waals surface area contributed by atoms with Gasteiger partial charge in [0.1, 0.15) is 12.1 Å². The highest BCUT2D eigenvalue weighted by molar-refractivity contribution is 14.0. The summed E-state index contributed by atoms with van der Waals surface area (Å²) in [7, 11) is 0. The normalized spacial score (nSPS) is 16.0. The molecule has 1 atom stereocenters. The van der Waals surface area contributed by atoms with E-state index in [9.17, 15) is 4.39 Å². The van der Waals surface area contributed by atoms with Gasteiger partial charge in [0.25, 0.3) is 0 Å². The molecule has 30 heavy (non-hydrogen) atoms. The quantitative estimate of drug-likeness (QED) is 0.310. The van der Waals surface area contributed by atoms with Gasteiger partial charge in [-0.15, -0.1) is 24.0 Å². The molecule has 0 radical (unpaired) electrons. The number of morpholine rings is 1. The van der Waals surface area contributed by atoms with Crippen molar-refractivity contribution in [3.63, 3.8) is 0 Å². The van der Waals surface area contributed by atoms with Crippen molar-refractivity contribution in [3.8, 4) is 11.5 Å². The average Bonchev–Trinajstić information content (AvgIpc) is 3.22. The minimum absolute atomic E-state index is 0. The van der Waals surface area contributed by atoms with Crippen molar-refractivity contribution in [2.24, 2.45) is 4.99 Å². The van der Waals surface area contributed by atoms with Gasteiger partial charge in [-0.25, -0.2) is 9.37 Å². The maximum absolute atomic E-state index is 13.0. The van der Waals surface area contributed by atoms with Crippen molar-refractivity contribution < 1.29 is 13.5 Å². The number of guanidine groups is 1. The molecule has 1 unspecified atom stereocenters. The van der Waals surface area contributed by atoms with Crippen molar-refractivity contribution in [1.82, 2.24) is 20.5 Å². The van der Waals surface area contributed by atoms with Gasteiger partial charge in [0.2, 0.25) is 5.89 Å². The van der Waals surface area contributed by atoms with Gasteiger partial charge in [0, 0.05) is 44.2 Å². The van der Waals surface area contributed by atoms with Gasteiger partial charge in [-0.2, -0.15) is 0 Å². The van der Waals surface area contributed by atoms with E-state index in [2.05, 4.69) is 34.4 Å². The van der Waals surface area contributed by atoms with Crippen LogP contribution in [0.2, 0.25) is 0 Å². The Bertz CT molecular complexity index is 778. The van der Waals surface area contributed by atoms with Crippen LogP contribution in [0.25, 0.3) is 11.5 Å². The summed E-state index contributed by atoms with van der Waals surface area (Å²) in [6.45, 7) is 9.98. The van der Waals surface area contributed by atoms with E-state index in [1.54, 1.807) is 18.4 Å². The van der Waals surface area contributed by atoms with Gasteiger partial charge in [-0.3, -0.25) is 9.89 Å². The Hall–Kier alpha value is -1.72. The molecule has 3 rings (SSSR count). The summed E-state index contributed by atoms with van der Waals surface area (Å²) in [5.41, 5.74) is 1.60. The molecule has 7 nitrogen and oxygen atoms in total. The van der Waals surface area contributed by atoms with Crippen LogP contribution >= 0.6 is 24.0 Å². The molecule has 2 aromatic rings. The number of halogens is 2. The Balaban J connectivity index is 0.00000320. The summed E-state index contributed by atoms with van der Waals surface area (Å²) < 4.78 is 24.0. The van der Waals surface area contributed by atoms with Gasteiger partial charge < -0.3 is 19.8 Å². The van der Waals surface area contributed by atoms with Gasteiger partial charge >= 0.3 is 0 Å². The summed E-state index contributed by atoms with van der Waals surface area (Å²) in [5.74, 6) is 1.03. The summed E-state index contributed by atoms with van der Waals surface area (Å²) in [4.78, 5) is 11.6. The molecule has 2 N–H and O–H groups in total. The second-order valence-corrected chi connectivity index (χ2v) is 7.04. The highest BCUT2D eigenvalue weighted by Crippen LogP contribution is 2.18. The number of nitrogens with zero attached hydrogens (tertiary/aromatic N) is 3. The minimum Gasteiger partial charge on any atom is -0.444 e. The van der Waals surface area contributed by atoms with E-state index >= 15 is 0 Å². The molecule has 0 aliphatic carbocycles. The van der Waals surface area contributed by atoms with Crippen LogP contribution in [0.1, 0.15) is 19.5 Å². The summed E-state index contributed by atoms with van der Waals surface area (Å²) in [5, 5.41) is 6.63. The predicted molar refractivity (Wildman–Crippen MR) is 127 cm³/mol. The Morgan fingerprint density at radius 3 is 2.67 bits per heavy atom. The molecule has 166 valence electrons. The zero-order valence-electron chi connectivity index (χ0n) is 17.6. The van der Waals surface area contributed by atoms with E-state index in [0.717, 1.165) is 56.6 Å². The number of benzene rings is 1. The zero-order chi connectivity index (χ0) is 20.5. The molecule has 1 aromatic carbocycles. The maximum Gasteiger partial charge on any atom is 0.226 e. The van der Waals surface area contributed by atoms with Crippen LogP contribution in [-0.2, 0) is 11.2 Å². The molecule has 9 heteroatoms. The van der Waals surface area contributed by atoms with Crippen molar-refractivity contribution in [3.05, 3.63) is 42.0 Å². The predicted octanol–water partition coefficient (Wildman–Crippen LogP) is 2.92. The van der Waals surface area contributed by atoms with Crippen LogP contribution < -0.4 is 10.6 Å². The molecular weight excluding hydrogens is 500 g/mol. The van der Waals surface area contributed by atoms with Crippen molar-refractivity contribution in [2.45, 2.75) is 26.3 Å². The van der Waals surface area contributed by atoms with E-state index in [1.165, 1.54) is 12.1 Å². The summed E-state index contributed by atoms with van der Waals surface area (Å²) in [6.07, 6.45) is 2.35. The molecule has 0 spiro atoms. The molecule has 0 bridgehead atoms. The van der Waals surface area contributed by atoms with E-state index < -0.39 is 0 Å². The molecule has 1 aliphatic heterocycles. The lowest BCUT2D eigenvalue weighted by atomic mass is 10.2. The van der Waals surface area contributed by atoms with Crippen LogP contribution in [0.4, 0.5) is 4.39 Å². The lowest BCUT2D eigenvalue weighted by molar-refractivity contribution is 0.0220. The molecule has 1 fully saturated rings. The number of oxazole rings is 1.